The lowest BCUT2D eigenvalue weighted by Crippen LogP contribution is -2.31. The number of carboxylic acid groups (broad SMARTS) is 1. The molecule has 0 saturated carbocycles. The minimum absolute atomic E-state index is 0.00764. The van der Waals surface area contributed by atoms with Crippen molar-refractivity contribution in [1.29, 1.82) is 0 Å². The van der Waals surface area contributed by atoms with E-state index < -0.39 is 5.97 Å². The van der Waals surface area contributed by atoms with Crippen molar-refractivity contribution in [2.45, 2.75) is 34.1 Å². The van der Waals surface area contributed by atoms with Crippen LogP contribution in [0.4, 0.5) is 5.13 Å². The van der Waals surface area contributed by atoms with Gasteiger partial charge in [0, 0.05) is 18.5 Å². The molecule has 102 valence electrons. The lowest BCUT2D eigenvalue weighted by molar-refractivity contribution is -0.136. The summed E-state index contributed by atoms with van der Waals surface area (Å²) in [5.41, 5.74) is 0.653. The third kappa shape index (κ3) is 5.04. The van der Waals surface area contributed by atoms with Gasteiger partial charge in [-0.15, -0.1) is 11.3 Å². The molecule has 4 nitrogen and oxygen atoms in total. The summed E-state index contributed by atoms with van der Waals surface area (Å²) < 4.78 is 0. The Morgan fingerprint density at radius 2 is 1.89 bits per heavy atom. The minimum atomic E-state index is -0.828. The maximum Gasteiger partial charge on any atom is 0.309 e. The average molecular weight is 270 g/mol. The Morgan fingerprint density at radius 3 is 2.33 bits per heavy atom. The van der Waals surface area contributed by atoms with Crippen molar-refractivity contribution in [1.82, 2.24) is 4.98 Å². The molecule has 0 atom stereocenters. The highest BCUT2D eigenvalue weighted by Crippen LogP contribution is 2.23. The first-order valence-corrected chi connectivity index (χ1v) is 7.17. The molecule has 1 rings (SSSR count). The molecule has 0 aliphatic heterocycles. The van der Waals surface area contributed by atoms with Crippen LogP contribution in [0, 0.1) is 11.8 Å². The summed E-state index contributed by atoms with van der Waals surface area (Å²) in [5, 5.41) is 11.5. The Kier molecular flexibility index (Phi) is 5.59. The Labute approximate surface area is 113 Å². The molecule has 0 saturated heterocycles. The van der Waals surface area contributed by atoms with Gasteiger partial charge in [-0.25, -0.2) is 4.98 Å². The van der Waals surface area contributed by atoms with Gasteiger partial charge in [-0.05, 0) is 11.8 Å². The lowest BCUT2D eigenvalue weighted by Gasteiger charge is -2.25. The second-order valence-electron chi connectivity index (χ2n) is 5.38. The quantitative estimate of drug-likeness (QED) is 0.827. The summed E-state index contributed by atoms with van der Waals surface area (Å²) >= 11 is 1.54. The normalized spacial score (nSPS) is 11.2. The Morgan fingerprint density at radius 1 is 1.33 bits per heavy atom. The van der Waals surface area contributed by atoms with Gasteiger partial charge in [0.25, 0.3) is 0 Å². The zero-order valence-corrected chi connectivity index (χ0v) is 12.3. The lowest BCUT2D eigenvalue weighted by atomic mass is 10.1. The third-order valence-corrected chi connectivity index (χ3v) is 3.26. The second-order valence-corrected chi connectivity index (χ2v) is 6.22. The van der Waals surface area contributed by atoms with Crippen LogP contribution in [0.5, 0.6) is 0 Å². The second kappa shape index (κ2) is 6.73. The number of nitrogens with zero attached hydrogens (tertiary/aromatic N) is 2. The van der Waals surface area contributed by atoms with Crippen LogP contribution in [0.1, 0.15) is 33.4 Å². The van der Waals surface area contributed by atoms with E-state index in [-0.39, 0.29) is 6.42 Å². The van der Waals surface area contributed by atoms with Crippen molar-refractivity contribution in [3.8, 4) is 0 Å². The minimum Gasteiger partial charge on any atom is -0.481 e. The van der Waals surface area contributed by atoms with Gasteiger partial charge in [0.2, 0.25) is 0 Å². The van der Waals surface area contributed by atoms with Gasteiger partial charge >= 0.3 is 5.97 Å². The zero-order valence-electron chi connectivity index (χ0n) is 11.5. The number of hydrogen-bond acceptors (Lipinski definition) is 4. The van der Waals surface area contributed by atoms with Gasteiger partial charge in [-0.1, -0.05) is 27.7 Å². The number of carbonyl (C=O) groups is 1. The molecule has 0 fully saturated rings. The highest BCUT2D eigenvalue weighted by atomic mass is 32.1. The van der Waals surface area contributed by atoms with E-state index in [2.05, 4.69) is 37.6 Å². The zero-order chi connectivity index (χ0) is 13.7. The molecule has 0 radical (unpaired) electrons. The van der Waals surface area contributed by atoms with E-state index in [9.17, 15) is 4.79 Å². The Hall–Kier alpha value is -1.10. The van der Waals surface area contributed by atoms with E-state index in [4.69, 9.17) is 5.11 Å². The molecule has 5 heteroatoms. The number of carboxylic acids is 1. The maximum absolute atomic E-state index is 10.7. The van der Waals surface area contributed by atoms with Gasteiger partial charge < -0.3 is 10.0 Å². The largest absolute Gasteiger partial charge is 0.481 e. The van der Waals surface area contributed by atoms with Crippen LogP contribution in [-0.4, -0.2) is 29.1 Å². The van der Waals surface area contributed by atoms with Crippen LogP contribution in [0.3, 0.4) is 0 Å². The number of hydrogen-bond donors (Lipinski definition) is 1. The fourth-order valence-corrected chi connectivity index (χ4v) is 2.64. The summed E-state index contributed by atoms with van der Waals surface area (Å²) in [5.74, 6) is 0.303. The van der Waals surface area contributed by atoms with Crippen LogP contribution < -0.4 is 4.90 Å². The molecular formula is C13H22N2O2S. The van der Waals surface area contributed by atoms with Crippen LogP contribution in [0.15, 0.2) is 5.38 Å². The smallest absolute Gasteiger partial charge is 0.309 e. The highest BCUT2D eigenvalue weighted by molar-refractivity contribution is 7.13. The van der Waals surface area contributed by atoms with Crippen molar-refractivity contribution in [3.63, 3.8) is 0 Å². The molecule has 1 heterocycles. The Bertz CT molecular complexity index is 378. The standard InChI is InChI=1S/C13H22N2O2S/c1-9(2)6-15(7-10(3)4)13-14-11(8-18-13)5-12(16)17/h8-10H,5-7H2,1-4H3,(H,16,17). The third-order valence-electron chi connectivity index (χ3n) is 2.31. The number of aromatic nitrogens is 1. The van der Waals surface area contributed by atoms with Gasteiger partial charge in [-0.3, -0.25) is 4.79 Å². The van der Waals surface area contributed by atoms with E-state index in [1.165, 1.54) is 11.3 Å². The first-order valence-electron chi connectivity index (χ1n) is 6.29. The number of anilines is 1. The Balaban J connectivity index is 2.77. The molecule has 0 spiro atoms. The fraction of sp³-hybridized carbons (Fsp3) is 0.692. The van der Waals surface area contributed by atoms with Gasteiger partial charge in [0.15, 0.2) is 5.13 Å². The number of rotatable bonds is 7. The summed E-state index contributed by atoms with van der Waals surface area (Å²) in [6, 6.07) is 0. The monoisotopic (exact) mass is 270 g/mol. The first-order chi connectivity index (χ1) is 8.38. The molecule has 0 aliphatic rings. The molecule has 18 heavy (non-hydrogen) atoms. The molecule has 1 aromatic rings. The molecule has 1 N–H and O–H groups in total. The molecule has 0 aliphatic carbocycles. The number of thiazole rings is 1. The van der Waals surface area contributed by atoms with Gasteiger partial charge in [-0.2, -0.15) is 0 Å². The summed E-state index contributed by atoms with van der Waals surface area (Å²) in [7, 11) is 0. The summed E-state index contributed by atoms with van der Waals surface area (Å²) in [6.45, 7) is 10.6. The summed E-state index contributed by atoms with van der Waals surface area (Å²) in [4.78, 5) is 17.3. The fourth-order valence-electron chi connectivity index (χ4n) is 1.79. The number of aliphatic carboxylic acids is 1. The van der Waals surface area contributed by atoms with E-state index >= 15 is 0 Å². The molecule has 0 amide bonds. The van der Waals surface area contributed by atoms with Crippen molar-refractivity contribution in [2.24, 2.45) is 11.8 Å². The van der Waals surface area contributed by atoms with Crippen LogP contribution in [0.2, 0.25) is 0 Å². The average Bonchev–Trinajstić information content (AvgIpc) is 2.62. The van der Waals surface area contributed by atoms with E-state index in [1.54, 1.807) is 0 Å². The first kappa shape index (κ1) is 15.0. The van der Waals surface area contributed by atoms with E-state index in [0.29, 0.717) is 17.5 Å². The topological polar surface area (TPSA) is 53.4 Å². The molecule has 0 bridgehead atoms. The predicted octanol–water partition coefficient (Wildman–Crippen LogP) is 2.89. The SMILES string of the molecule is CC(C)CN(CC(C)C)c1nc(CC(=O)O)cs1. The molecule has 0 unspecified atom stereocenters. The van der Waals surface area contributed by atoms with E-state index in [0.717, 1.165) is 18.2 Å². The van der Waals surface area contributed by atoms with Crippen molar-refractivity contribution in [3.05, 3.63) is 11.1 Å². The van der Waals surface area contributed by atoms with Crippen molar-refractivity contribution >= 4 is 22.4 Å². The maximum atomic E-state index is 10.7. The molecule has 0 aromatic carbocycles. The molecular weight excluding hydrogens is 248 g/mol. The van der Waals surface area contributed by atoms with Crippen LogP contribution in [-0.2, 0) is 11.2 Å². The summed E-state index contributed by atoms with van der Waals surface area (Å²) in [6.07, 6.45) is 0.00764. The highest BCUT2D eigenvalue weighted by Gasteiger charge is 2.15. The van der Waals surface area contributed by atoms with Crippen molar-refractivity contribution < 1.29 is 9.90 Å². The van der Waals surface area contributed by atoms with Gasteiger partial charge in [0.1, 0.15) is 0 Å². The van der Waals surface area contributed by atoms with Crippen molar-refractivity contribution in [2.75, 3.05) is 18.0 Å². The van der Waals surface area contributed by atoms with Crippen LogP contribution in [0.25, 0.3) is 0 Å². The predicted molar refractivity (Wildman–Crippen MR) is 75.3 cm³/mol. The van der Waals surface area contributed by atoms with E-state index in [1.807, 2.05) is 5.38 Å². The van der Waals surface area contributed by atoms with Crippen LogP contribution >= 0.6 is 11.3 Å². The van der Waals surface area contributed by atoms with Gasteiger partial charge in [0.05, 0.1) is 12.1 Å². The molecule has 1 aromatic heterocycles.